The predicted molar refractivity (Wildman–Crippen MR) is 80.7 cm³/mol. The Hall–Kier alpha value is -0.760. The monoisotopic (exact) mass is 364 g/mol. The Morgan fingerprint density at radius 2 is 1.77 bits per heavy atom. The summed E-state index contributed by atoms with van der Waals surface area (Å²) in [5.41, 5.74) is -0.0525. The van der Waals surface area contributed by atoms with E-state index in [0.717, 1.165) is 18.2 Å². The lowest BCUT2D eigenvalue weighted by Gasteiger charge is -2.36. The van der Waals surface area contributed by atoms with Crippen LogP contribution in [0, 0.1) is 5.82 Å². The van der Waals surface area contributed by atoms with Crippen LogP contribution in [0.3, 0.4) is 0 Å². The molecule has 3 nitrogen and oxygen atoms in total. The van der Waals surface area contributed by atoms with Crippen molar-refractivity contribution in [2.45, 2.75) is 12.2 Å². The molecule has 1 aromatic rings. The maximum absolute atomic E-state index is 13.4. The molecule has 1 aromatic carbocycles. The number of nitrogens with zero attached hydrogens (tertiary/aromatic N) is 1. The van der Waals surface area contributed by atoms with Crippen molar-refractivity contribution in [3.63, 3.8) is 0 Å². The molecule has 0 spiro atoms. The Kier molecular flexibility index (Phi) is 8.46. The summed E-state index contributed by atoms with van der Waals surface area (Å²) in [6, 6.07) is 1.38. The third-order valence-corrected chi connectivity index (χ3v) is 3.32. The zero-order valence-electron chi connectivity index (χ0n) is 11.8. The summed E-state index contributed by atoms with van der Waals surface area (Å²) in [6.45, 7) is 1.56. The molecular weight excluding hydrogens is 347 g/mol. The molecule has 0 unspecified atom stereocenters. The molecule has 128 valence electrons. The summed E-state index contributed by atoms with van der Waals surface area (Å²) in [5.74, 6) is -0.697. The average molecular weight is 365 g/mol. The van der Waals surface area contributed by atoms with Gasteiger partial charge < -0.3 is 10.1 Å². The molecule has 0 saturated carbocycles. The van der Waals surface area contributed by atoms with Crippen LogP contribution in [0.15, 0.2) is 18.2 Å². The lowest BCUT2D eigenvalue weighted by molar-refractivity contribution is -0.188. The van der Waals surface area contributed by atoms with E-state index >= 15 is 0 Å². The van der Waals surface area contributed by atoms with Gasteiger partial charge in [-0.2, -0.15) is 13.2 Å². The summed E-state index contributed by atoms with van der Waals surface area (Å²) in [4.78, 5) is 1.34. The van der Waals surface area contributed by atoms with Gasteiger partial charge in [-0.05, 0) is 6.07 Å². The van der Waals surface area contributed by atoms with Crippen LogP contribution >= 0.6 is 24.8 Å². The zero-order valence-corrected chi connectivity index (χ0v) is 13.5. The number of rotatable bonds is 3. The largest absolute Gasteiger partial charge is 0.496 e. The van der Waals surface area contributed by atoms with Crippen LogP contribution < -0.4 is 10.1 Å². The molecular formula is C13H18Cl2F4N2O. The van der Waals surface area contributed by atoms with Gasteiger partial charge in [0, 0.05) is 37.8 Å². The Morgan fingerprint density at radius 3 is 2.27 bits per heavy atom. The van der Waals surface area contributed by atoms with Crippen LogP contribution in [0.2, 0.25) is 0 Å². The number of piperazine rings is 1. The van der Waals surface area contributed by atoms with E-state index in [1.54, 1.807) is 0 Å². The van der Waals surface area contributed by atoms with Gasteiger partial charge in [0.2, 0.25) is 0 Å². The van der Waals surface area contributed by atoms with Crippen molar-refractivity contribution in [1.82, 2.24) is 10.2 Å². The number of nitrogens with one attached hydrogen (secondary N) is 1. The van der Waals surface area contributed by atoms with Crippen molar-refractivity contribution in [2.75, 3.05) is 33.3 Å². The number of methoxy groups -OCH3 is 1. The smallest absolute Gasteiger partial charge is 0.408 e. The minimum Gasteiger partial charge on any atom is -0.496 e. The highest BCUT2D eigenvalue weighted by Gasteiger charge is 2.46. The second kappa shape index (κ2) is 8.76. The Balaban J connectivity index is 0.00000220. The number of ether oxygens (including phenoxy) is 1. The average Bonchev–Trinajstić information content (AvgIpc) is 2.40. The summed E-state index contributed by atoms with van der Waals surface area (Å²) < 4.78 is 58.2. The normalized spacial score (nSPS) is 17.1. The third-order valence-electron chi connectivity index (χ3n) is 3.32. The Labute approximate surface area is 138 Å². The second-order valence-electron chi connectivity index (χ2n) is 4.62. The van der Waals surface area contributed by atoms with Crippen LogP contribution in [0.25, 0.3) is 0 Å². The highest BCUT2D eigenvalue weighted by molar-refractivity contribution is 5.85. The fourth-order valence-corrected chi connectivity index (χ4v) is 2.43. The first kappa shape index (κ1) is 21.2. The summed E-state index contributed by atoms with van der Waals surface area (Å²) in [7, 11) is 1.24. The number of hydrogen-bond donors (Lipinski definition) is 1. The van der Waals surface area contributed by atoms with Gasteiger partial charge in [0.15, 0.2) is 0 Å². The highest BCUT2D eigenvalue weighted by Crippen LogP contribution is 2.41. The summed E-state index contributed by atoms with van der Waals surface area (Å²) in [5, 5.41) is 3.01. The molecule has 0 aromatic heterocycles. The maximum Gasteiger partial charge on any atom is 0.408 e. The lowest BCUT2D eigenvalue weighted by Crippen LogP contribution is -2.49. The molecule has 1 heterocycles. The molecule has 0 aliphatic carbocycles. The van der Waals surface area contributed by atoms with Crippen LogP contribution in [0.4, 0.5) is 17.6 Å². The van der Waals surface area contributed by atoms with Crippen molar-refractivity contribution in [3.05, 3.63) is 29.6 Å². The van der Waals surface area contributed by atoms with E-state index in [1.165, 1.54) is 12.0 Å². The van der Waals surface area contributed by atoms with Crippen molar-refractivity contribution in [3.8, 4) is 5.75 Å². The number of halogens is 6. The lowest BCUT2D eigenvalue weighted by atomic mass is 10.0. The van der Waals surface area contributed by atoms with Gasteiger partial charge in [-0.15, -0.1) is 24.8 Å². The van der Waals surface area contributed by atoms with Crippen LogP contribution in [-0.4, -0.2) is 44.4 Å². The zero-order chi connectivity index (χ0) is 14.8. The number of benzene rings is 1. The van der Waals surface area contributed by atoms with Gasteiger partial charge >= 0.3 is 6.18 Å². The molecule has 22 heavy (non-hydrogen) atoms. The first-order valence-electron chi connectivity index (χ1n) is 6.28. The highest BCUT2D eigenvalue weighted by atomic mass is 35.5. The van der Waals surface area contributed by atoms with Crippen molar-refractivity contribution in [1.29, 1.82) is 0 Å². The molecule has 1 atom stereocenters. The van der Waals surface area contributed by atoms with Crippen molar-refractivity contribution >= 4 is 24.8 Å². The van der Waals surface area contributed by atoms with E-state index in [9.17, 15) is 17.6 Å². The topological polar surface area (TPSA) is 24.5 Å². The third kappa shape index (κ3) is 4.87. The van der Waals surface area contributed by atoms with Gasteiger partial charge in [-0.1, -0.05) is 6.07 Å². The minimum atomic E-state index is -4.44. The Bertz CT molecular complexity index is 468. The minimum absolute atomic E-state index is 0. The molecule has 1 fully saturated rings. The van der Waals surface area contributed by atoms with Gasteiger partial charge in [0.05, 0.1) is 7.11 Å². The standard InChI is InChI=1S/C13H16F4N2O.2ClH/c1-20-11-8-9(14)2-3-10(11)12(13(15,16)17)19-6-4-18-5-7-19;;/h2-3,8,12,18H,4-7H2,1H3;2*1H/t12-;;/m1../s1. The van der Waals surface area contributed by atoms with E-state index in [0.29, 0.717) is 13.1 Å². The second-order valence-corrected chi connectivity index (χ2v) is 4.62. The summed E-state index contributed by atoms with van der Waals surface area (Å²) >= 11 is 0. The van der Waals surface area contributed by atoms with E-state index < -0.39 is 18.0 Å². The molecule has 0 amide bonds. The Morgan fingerprint density at radius 1 is 1.18 bits per heavy atom. The van der Waals surface area contributed by atoms with E-state index in [1.807, 2.05) is 0 Å². The van der Waals surface area contributed by atoms with Crippen LogP contribution in [-0.2, 0) is 0 Å². The van der Waals surface area contributed by atoms with E-state index in [2.05, 4.69) is 5.32 Å². The van der Waals surface area contributed by atoms with Gasteiger partial charge in [0.25, 0.3) is 0 Å². The van der Waals surface area contributed by atoms with Crippen molar-refractivity contribution < 1.29 is 22.3 Å². The van der Waals surface area contributed by atoms with E-state index in [4.69, 9.17) is 4.74 Å². The van der Waals surface area contributed by atoms with Gasteiger partial charge in [-0.3, -0.25) is 4.90 Å². The van der Waals surface area contributed by atoms with Crippen molar-refractivity contribution in [2.24, 2.45) is 0 Å². The van der Waals surface area contributed by atoms with Gasteiger partial charge in [0.1, 0.15) is 17.6 Å². The SMILES string of the molecule is COc1cc(F)ccc1[C@@H](N1CCNCC1)C(F)(F)F.Cl.Cl. The predicted octanol–water partition coefficient (Wildman–Crippen LogP) is 3.19. The molecule has 0 radical (unpaired) electrons. The molecule has 1 aliphatic rings. The molecule has 1 aliphatic heterocycles. The van der Waals surface area contributed by atoms with Crippen LogP contribution in [0.5, 0.6) is 5.75 Å². The summed E-state index contributed by atoms with van der Waals surface area (Å²) in [6.07, 6.45) is -4.44. The molecule has 2 rings (SSSR count). The number of alkyl halides is 3. The molecule has 1 N–H and O–H groups in total. The molecule has 0 bridgehead atoms. The van der Waals surface area contributed by atoms with Crippen LogP contribution in [0.1, 0.15) is 11.6 Å². The quantitative estimate of drug-likeness (QED) is 0.833. The maximum atomic E-state index is 13.4. The first-order valence-corrected chi connectivity index (χ1v) is 6.28. The van der Waals surface area contributed by atoms with E-state index in [-0.39, 0.29) is 49.2 Å². The van der Waals surface area contributed by atoms with Gasteiger partial charge in [-0.25, -0.2) is 4.39 Å². The number of hydrogen-bond acceptors (Lipinski definition) is 3. The first-order chi connectivity index (χ1) is 9.43. The fourth-order valence-electron chi connectivity index (χ4n) is 2.43. The molecule has 1 saturated heterocycles. The molecule has 9 heteroatoms. The fraction of sp³-hybridized carbons (Fsp3) is 0.538.